The number of amides is 3. The van der Waals surface area contributed by atoms with Crippen LogP contribution in [0.1, 0.15) is 49.8 Å². The van der Waals surface area contributed by atoms with Crippen LogP contribution in [0.2, 0.25) is 5.02 Å². The molecule has 5 N–H and O–H groups in total. The first-order valence-electron chi connectivity index (χ1n) is 11.8. The van der Waals surface area contributed by atoms with Crippen molar-refractivity contribution in [1.82, 2.24) is 9.69 Å². The normalized spacial score (nSPS) is 11.5. The van der Waals surface area contributed by atoms with E-state index in [2.05, 4.69) is 9.69 Å². The molecule has 3 aromatic carbocycles. The number of halogens is 1. The van der Waals surface area contributed by atoms with Crippen LogP contribution < -0.4 is 21.7 Å². The van der Waals surface area contributed by atoms with E-state index >= 15 is 0 Å². The molecule has 38 heavy (non-hydrogen) atoms. The number of carbonyl (C=O) groups excluding carboxylic acids is 3. The molecule has 1 atom stereocenters. The lowest BCUT2D eigenvalue weighted by atomic mass is 10.0. The molecule has 4 aromatic rings. The summed E-state index contributed by atoms with van der Waals surface area (Å²) in [4.78, 5) is 41.0. The van der Waals surface area contributed by atoms with E-state index in [1.54, 1.807) is 36.4 Å². The predicted molar refractivity (Wildman–Crippen MR) is 150 cm³/mol. The molecular formula is C28H26ClN5O3S. The molecule has 8 nitrogen and oxygen atoms in total. The van der Waals surface area contributed by atoms with E-state index in [9.17, 15) is 14.4 Å². The van der Waals surface area contributed by atoms with Crippen molar-refractivity contribution in [1.29, 1.82) is 0 Å². The lowest BCUT2D eigenvalue weighted by Crippen LogP contribution is -2.44. The highest BCUT2D eigenvalue weighted by atomic mass is 35.5. The van der Waals surface area contributed by atoms with Gasteiger partial charge in [0, 0.05) is 17.3 Å². The maximum atomic E-state index is 14.1. The fourth-order valence-corrected chi connectivity index (χ4v) is 4.83. The van der Waals surface area contributed by atoms with E-state index in [0.29, 0.717) is 16.3 Å². The highest BCUT2D eigenvalue weighted by molar-refractivity contribution is 7.09. The SMILES string of the molecule is CCc1ccc(N(C(=O)c2snc(C(N)=O)c2N)[C@H](C(=O)NCc2ccccc2)c2ccc(Cl)cc2)cc1. The van der Waals surface area contributed by atoms with Gasteiger partial charge < -0.3 is 16.8 Å². The van der Waals surface area contributed by atoms with Gasteiger partial charge in [0.1, 0.15) is 10.9 Å². The molecule has 0 aliphatic carbocycles. The van der Waals surface area contributed by atoms with E-state index in [1.807, 2.05) is 49.4 Å². The number of carbonyl (C=O) groups is 3. The first kappa shape index (κ1) is 26.8. The van der Waals surface area contributed by atoms with E-state index in [0.717, 1.165) is 29.1 Å². The number of primary amides is 1. The second-order valence-corrected chi connectivity index (χ2v) is 9.70. The third-order valence-corrected chi connectivity index (χ3v) is 7.10. The summed E-state index contributed by atoms with van der Waals surface area (Å²) in [5, 5.41) is 3.43. The summed E-state index contributed by atoms with van der Waals surface area (Å²) in [6, 6.07) is 22.4. The Morgan fingerprint density at radius 3 is 2.21 bits per heavy atom. The van der Waals surface area contributed by atoms with Crippen molar-refractivity contribution in [3.05, 3.63) is 111 Å². The number of rotatable bonds is 9. The zero-order valence-corrected chi connectivity index (χ0v) is 22.1. The Kier molecular flexibility index (Phi) is 8.40. The predicted octanol–water partition coefficient (Wildman–Crippen LogP) is 4.74. The van der Waals surface area contributed by atoms with Crippen LogP contribution in [0, 0.1) is 0 Å². The molecule has 1 heterocycles. The smallest absolute Gasteiger partial charge is 0.273 e. The zero-order chi connectivity index (χ0) is 27.2. The molecule has 0 spiro atoms. The Morgan fingerprint density at radius 2 is 1.63 bits per heavy atom. The lowest BCUT2D eigenvalue weighted by Gasteiger charge is -2.31. The quantitative estimate of drug-likeness (QED) is 0.278. The number of aryl methyl sites for hydroxylation is 1. The molecule has 0 aliphatic rings. The second-order valence-electron chi connectivity index (χ2n) is 8.49. The van der Waals surface area contributed by atoms with Gasteiger partial charge in [0.05, 0.1) is 5.69 Å². The number of hydrogen-bond donors (Lipinski definition) is 3. The largest absolute Gasteiger partial charge is 0.395 e. The third kappa shape index (κ3) is 5.85. The molecule has 0 fully saturated rings. The van der Waals surface area contributed by atoms with Crippen LogP contribution in [0.25, 0.3) is 0 Å². The number of aromatic nitrogens is 1. The summed E-state index contributed by atoms with van der Waals surface area (Å²) in [5.41, 5.74) is 14.2. The Bertz CT molecular complexity index is 1440. The molecule has 0 unspecified atom stereocenters. The molecule has 0 saturated carbocycles. The third-order valence-electron chi connectivity index (χ3n) is 6.00. The molecule has 1 aromatic heterocycles. The molecule has 3 amide bonds. The van der Waals surface area contributed by atoms with Gasteiger partial charge in [-0.15, -0.1) is 0 Å². The summed E-state index contributed by atoms with van der Waals surface area (Å²) >= 11 is 6.89. The zero-order valence-electron chi connectivity index (χ0n) is 20.6. The highest BCUT2D eigenvalue weighted by Gasteiger charge is 2.36. The summed E-state index contributed by atoms with van der Waals surface area (Å²) in [7, 11) is 0. The fourth-order valence-electron chi connectivity index (χ4n) is 3.96. The average molecular weight is 548 g/mol. The molecule has 4 rings (SSSR count). The van der Waals surface area contributed by atoms with Gasteiger partial charge in [-0.2, -0.15) is 4.37 Å². The molecule has 10 heteroatoms. The van der Waals surface area contributed by atoms with Crippen molar-refractivity contribution in [2.75, 3.05) is 10.6 Å². The summed E-state index contributed by atoms with van der Waals surface area (Å²) in [6.45, 7) is 2.28. The topological polar surface area (TPSA) is 131 Å². The minimum absolute atomic E-state index is 0.00758. The van der Waals surface area contributed by atoms with Crippen molar-refractivity contribution in [3.8, 4) is 0 Å². The molecular weight excluding hydrogens is 522 g/mol. The van der Waals surface area contributed by atoms with Crippen molar-refractivity contribution in [2.45, 2.75) is 25.9 Å². The maximum Gasteiger partial charge on any atom is 0.273 e. The van der Waals surface area contributed by atoms with Gasteiger partial charge in [-0.1, -0.05) is 73.1 Å². The minimum atomic E-state index is -1.09. The van der Waals surface area contributed by atoms with Gasteiger partial charge in [0.25, 0.3) is 11.8 Å². The molecule has 194 valence electrons. The summed E-state index contributed by atoms with van der Waals surface area (Å²) in [5.74, 6) is -1.85. The minimum Gasteiger partial charge on any atom is -0.395 e. The van der Waals surface area contributed by atoms with E-state index < -0.39 is 23.8 Å². The molecule has 0 saturated heterocycles. The second kappa shape index (κ2) is 11.9. The van der Waals surface area contributed by atoms with Gasteiger partial charge >= 0.3 is 0 Å². The number of benzene rings is 3. The maximum absolute atomic E-state index is 14.1. The van der Waals surface area contributed by atoms with Crippen LogP contribution in [-0.2, 0) is 17.8 Å². The Hall–Kier alpha value is -4.21. The average Bonchev–Trinajstić information content (AvgIpc) is 3.33. The Labute approximate surface area is 229 Å². The van der Waals surface area contributed by atoms with Crippen molar-refractivity contribution >= 4 is 52.2 Å². The number of nitrogen functional groups attached to an aromatic ring is 1. The van der Waals surface area contributed by atoms with E-state index in [4.69, 9.17) is 23.1 Å². The van der Waals surface area contributed by atoms with E-state index in [-0.39, 0.29) is 22.8 Å². The van der Waals surface area contributed by atoms with Crippen molar-refractivity contribution < 1.29 is 14.4 Å². The number of nitrogens with two attached hydrogens (primary N) is 2. The standard InChI is InChI=1S/C28H26ClN5O3S/c1-2-17-8-14-21(15-9-17)34(28(37)25-22(30)23(26(31)35)33-38-25)24(19-10-12-20(29)13-11-19)27(36)32-16-18-6-4-3-5-7-18/h3-15,24H,2,16,30H2,1H3,(H2,31,35)(H,32,36)/t24-/m0/s1. The first-order valence-corrected chi connectivity index (χ1v) is 13.0. The molecule has 0 bridgehead atoms. The fraction of sp³-hybridized carbons (Fsp3) is 0.143. The van der Waals surface area contributed by atoms with Crippen molar-refractivity contribution in [3.63, 3.8) is 0 Å². The van der Waals surface area contributed by atoms with E-state index in [1.165, 1.54) is 4.90 Å². The van der Waals surface area contributed by atoms with Gasteiger partial charge in [-0.25, -0.2) is 0 Å². The Balaban J connectivity index is 1.82. The highest BCUT2D eigenvalue weighted by Crippen LogP contribution is 2.34. The van der Waals surface area contributed by atoms with Gasteiger partial charge in [-0.05, 0) is 58.9 Å². The molecule has 0 radical (unpaired) electrons. The number of hydrogen-bond acceptors (Lipinski definition) is 6. The van der Waals surface area contributed by atoms with Gasteiger partial charge in [0.2, 0.25) is 5.91 Å². The van der Waals surface area contributed by atoms with Crippen LogP contribution in [0.4, 0.5) is 11.4 Å². The lowest BCUT2D eigenvalue weighted by molar-refractivity contribution is -0.122. The van der Waals surface area contributed by atoms with Crippen LogP contribution in [0.5, 0.6) is 0 Å². The van der Waals surface area contributed by atoms with Crippen LogP contribution >= 0.6 is 23.1 Å². The number of nitrogens with one attached hydrogen (secondary N) is 1. The summed E-state index contributed by atoms with van der Waals surface area (Å²) < 4.78 is 3.98. The monoisotopic (exact) mass is 547 g/mol. The first-order chi connectivity index (χ1) is 18.3. The van der Waals surface area contributed by atoms with Crippen LogP contribution in [0.3, 0.4) is 0 Å². The van der Waals surface area contributed by atoms with Crippen LogP contribution in [-0.4, -0.2) is 22.1 Å². The summed E-state index contributed by atoms with van der Waals surface area (Å²) in [6.07, 6.45) is 0.802. The van der Waals surface area contributed by atoms with Crippen molar-refractivity contribution in [2.24, 2.45) is 5.73 Å². The van der Waals surface area contributed by atoms with Gasteiger partial charge in [-0.3, -0.25) is 19.3 Å². The number of nitrogens with zero attached hydrogens (tertiary/aromatic N) is 2. The van der Waals surface area contributed by atoms with Crippen LogP contribution in [0.15, 0.2) is 78.9 Å². The van der Waals surface area contributed by atoms with Gasteiger partial charge in [0.15, 0.2) is 5.69 Å². The Morgan fingerprint density at radius 1 is 0.974 bits per heavy atom. The number of anilines is 2. The molecule has 0 aliphatic heterocycles.